The Morgan fingerprint density at radius 3 is 2.67 bits per heavy atom. The first-order chi connectivity index (χ1) is 11.5. The Morgan fingerprint density at radius 2 is 1.92 bits per heavy atom. The van der Waals surface area contributed by atoms with Gasteiger partial charge in [0.2, 0.25) is 5.91 Å². The first-order valence-electron chi connectivity index (χ1n) is 7.55. The average molecular weight is 367 g/mol. The van der Waals surface area contributed by atoms with Gasteiger partial charge in [-0.05, 0) is 30.8 Å². The van der Waals surface area contributed by atoms with Crippen molar-refractivity contribution in [3.05, 3.63) is 58.1 Å². The minimum absolute atomic E-state index is 0.0662. The van der Waals surface area contributed by atoms with Gasteiger partial charge in [0, 0.05) is 19.5 Å². The number of amides is 1. The van der Waals surface area contributed by atoms with Gasteiger partial charge >= 0.3 is 0 Å². The molecule has 4 nitrogen and oxygen atoms in total. The van der Waals surface area contributed by atoms with Crippen LogP contribution >= 0.6 is 23.2 Å². The second-order valence-electron chi connectivity index (χ2n) is 5.45. The summed E-state index contributed by atoms with van der Waals surface area (Å²) in [4.78, 5) is 14.1. The lowest BCUT2D eigenvalue weighted by atomic mass is 10.2. The molecule has 0 fully saturated rings. The average Bonchev–Trinajstić information content (AvgIpc) is 2.58. The third-order valence-corrected chi connectivity index (χ3v) is 4.43. The predicted octanol–water partition coefficient (Wildman–Crippen LogP) is 4.46. The van der Waals surface area contributed by atoms with Crippen LogP contribution in [0.3, 0.4) is 0 Å². The number of carbonyl (C=O) groups is 1. The number of para-hydroxylation sites is 2. The topological polar surface area (TPSA) is 41.6 Å². The number of ether oxygens (including phenoxy) is 1. The SMILES string of the molecule is COc1ccccc1NC(=O)CCN(C)Cc1cccc(Cl)c1Cl. The first-order valence-corrected chi connectivity index (χ1v) is 8.31. The van der Waals surface area contributed by atoms with E-state index in [1.165, 1.54) is 0 Å². The van der Waals surface area contributed by atoms with Crippen molar-refractivity contribution in [2.24, 2.45) is 0 Å². The van der Waals surface area contributed by atoms with E-state index in [0.717, 1.165) is 5.56 Å². The minimum atomic E-state index is -0.0662. The highest BCUT2D eigenvalue weighted by atomic mass is 35.5. The maximum Gasteiger partial charge on any atom is 0.225 e. The molecular formula is C18H20Cl2N2O2. The Kier molecular flexibility index (Phi) is 6.91. The van der Waals surface area contributed by atoms with Gasteiger partial charge in [-0.15, -0.1) is 0 Å². The molecule has 2 aromatic carbocycles. The molecule has 2 aromatic rings. The Hall–Kier alpha value is -1.75. The maximum atomic E-state index is 12.1. The van der Waals surface area contributed by atoms with E-state index < -0.39 is 0 Å². The molecule has 128 valence electrons. The summed E-state index contributed by atoms with van der Waals surface area (Å²) in [7, 11) is 3.51. The lowest BCUT2D eigenvalue weighted by Gasteiger charge is -2.18. The molecule has 0 aliphatic rings. The molecule has 0 aliphatic carbocycles. The maximum absolute atomic E-state index is 12.1. The van der Waals surface area contributed by atoms with Crippen molar-refractivity contribution in [1.29, 1.82) is 0 Å². The summed E-state index contributed by atoms with van der Waals surface area (Å²) in [6.45, 7) is 1.23. The fourth-order valence-corrected chi connectivity index (χ4v) is 2.67. The first kappa shape index (κ1) is 18.6. The molecule has 2 rings (SSSR count). The highest BCUT2D eigenvalue weighted by Gasteiger charge is 2.10. The molecule has 0 radical (unpaired) electrons. The second kappa shape index (κ2) is 8.92. The fourth-order valence-electron chi connectivity index (χ4n) is 2.29. The smallest absolute Gasteiger partial charge is 0.225 e. The Balaban J connectivity index is 1.86. The number of nitrogens with zero attached hydrogens (tertiary/aromatic N) is 1. The van der Waals surface area contributed by atoms with Crippen LogP contribution < -0.4 is 10.1 Å². The molecule has 24 heavy (non-hydrogen) atoms. The highest BCUT2D eigenvalue weighted by molar-refractivity contribution is 6.42. The van der Waals surface area contributed by atoms with E-state index in [0.29, 0.717) is 41.0 Å². The summed E-state index contributed by atoms with van der Waals surface area (Å²) >= 11 is 12.2. The lowest BCUT2D eigenvalue weighted by molar-refractivity contribution is -0.116. The summed E-state index contributed by atoms with van der Waals surface area (Å²) in [6.07, 6.45) is 0.368. The molecule has 0 spiro atoms. The van der Waals surface area contributed by atoms with Crippen LogP contribution in [0.15, 0.2) is 42.5 Å². The lowest BCUT2D eigenvalue weighted by Crippen LogP contribution is -2.24. The predicted molar refractivity (Wildman–Crippen MR) is 99.0 cm³/mol. The van der Waals surface area contributed by atoms with Crippen molar-refractivity contribution in [3.8, 4) is 5.75 Å². The van der Waals surface area contributed by atoms with E-state index in [2.05, 4.69) is 5.32 Å². The van der Waals surface area contributed by atoms with Gasteiger partial charge in [-0.25, -0.2) is 0 Å². The van der Waals surface area contributed by atoms with Crippen LogP contribution in [0.4, 0.5) is 5.69 Å². The number of halogens is 2. The number of methoxy groups -OCH3 is 1. The third-order valence-electron chi connectivity index (χ3n) is 3.57. The summed E-state index contributed by atoms with van der Waals surface area (Å²) in [5, 5.41) is 3.96. The molecule has 0 heterocycles. The van der Waals surface area contributed by atoms with Crippen molar-refractivity contribution in [2.75, 3.05) is 26.0 Å². The monoisotopic (exact) mass is 366 g/mol. The van der Waals surface area contributed by atoms with Crippen LogP contribution in [-0.4, -0.2) is 31.5 Å². The zero-order valence-corrected chi connectivity index (χ0v) is 15.2. The van der Waals surface area contributed by atoms with Gasteiger partial charge in [-0.1, -0.05) is 47.5 Å². The number of carbonyl (C=O) groups excluding carboxylic acids is 1. The van der Waals surface area contributed by atoms with Crippen molar-refractivity contribution in [2.45, 2.75) is 13.0 Å². The molecule has 0 aromatic heterocycles. The number of anilines is 1. The second-order valence-corrected chi connectivity index (χ2v) is 6.23. The number of benzene rings is 2. The zero-order chi connectivity index (χ0) is 17.5. The molecule has 0 atom stereocenters. The van der Waals surface area contributed by atoms with Gasteiger partial charge in [0.1, 0.15) is 5.75 Å². The van der Waals surface area contributed by atoms with Crippen molar-refractivity contribution in [1.82, 2.24) is 4.90 Å². The fraction of sp³-hybridized carbons (Fsp3) is 0.278. The Morgan fingerprint density at radius 1 is 1.17 bits per heavy atom. The van der Waals surface area contributed by atoms with Gasteiger partial charge in [0.05, 0.1) is 22.8 Å². The zero-order valence-electron chi connectivity index (χ0n) is 13.7. The molecule has 0 aliphatic heterocycles. The van der Waals surface area contributed by atoms with Gasteiger partial charge in [0.15, 0.2) is 0 Å². The molecular weight excluding hydrogens is 347 g/mol. The van der Waals surface area contributed by atoms with Crippen LogP contribution in [0.5, 0.6) is 5.75 Å². The van der Waals surface area contributed by atoms with Crippen molar-refractivity contribution in [3.63, 3.8) is 0 Å². The van der Waals surface area contributed by atoms with Crippen LogP contribution in [0.1, 0.15) is 12.0 Å². The van der Waals surface area contributed by atoms with Gasteiger partial charge in [0.25, 0.3) is 0 Å². The molecule has 1 amide bonds. The van der Waals surface area contributed by atoms with Crippen LogP contribution in [-0.2, 0) is 11.3 Å². The standard InChI is InChI=1S/C18H20Cl2N2O2/c1-22(12-13-6-5-7-14(19)18(13)20)11-10-17(23)21-15-8-3-4-9-16(15)24-2/h3-9H,10-12H2,1-2H3,(H,21,23). The van der Waals surface area contributed by atoms with Crippen molar-refractivity contribution < 1.29 is 9.53 Å². The molecule has 0 unspecified atom stereocenters. The highest BCUT2D eigenvalue weighted by Crippen LogP contribution is 2.26. The Labute approximate surface area is 152 Å². The summed E-state index contributed by atoms with van der Waals surface area (Å²) in [6, 6.07) is 12.9. The number of hydrogen-bond donors (Lipinski definition) is 1. The van der Waals surface area contributed by atoms with Crippen LogP contribution in [0, 0.1) is 0 Å². The molecule has 6 heteroatoms. The summed E-state index contributed by atoms with van der Waals surface area (Å²) < 4.78 is 5.22. The molecule has 1 N–H and O–H groups in total. The van der Waals surface area contributed by atoms with Crippen LogP contribution in [0.25, 0.3) is 0 Å². The largest absolute Gasteiger partial charge is 0.495 e. The van der Waals surface area contributed by atoms with E-state index in [4.69, 9.17) is 27.9 Å². The van der Waals surface area contributed by atoms with E-state index in [1.54, 1.807) is 13.2 Å². The Bertz CT molecular complexity index is 707. The molecule has 0 bridgehead atoms. The third kappa shape index (κ3) is 5.13. The van der Waals surface area contributed by atoms with Crippen LogP contribution in [0.2, 0.25) is 10.0 Å². The number of rotatable bonds is 7. The van der Waals surface area contributed by atoms with E-state index in [1.807, 2.05) is 48.3 Å². The summed E-state index contributed by atoms with van der Waals surface area (Å²) in [5.41, 5.74) is 1.61. The summed E-state index contributed by atoms with van der Waals surface area (Å²) in [5.74, 6) is 0.577. The van der Waals surface area contributed by atoms with Gasteiger partial charge in [-0.2, -0.15) is 0 Å². The van der Waals surface area contributed by atoms with Gasteiger partial charge in [-0.3, -0.25) is 4.79 Å². The number of hydrogen-bond acceptors (Lipinski definition) is 3. The quantitative estimate of drug-likeness (QED) is 0.786. The van der Waals surface area contributed by atoms with E-state index >= 15 is 0 Å². The number of nitrogens with one attached hydrogen (secondary N) is 1. The molecule has 0 saturated heterocycles. The molecule has 0 saturated carbocycles. The van der Waals surface area contributed by atoms with Gasteiger partial charge < -0.3 is 15.0 Å². The van der Waals surface area contributed by atoms with E-state index in [9.17, 15) is 4.79 Å². The van der Waals surface area contributed by atoms with E-state index in [-0.39, 0.29) is 5.91 Å². The minimum Gasteiger partial charge on any atom is -0.495 e. The van der Waals surface area contributed by atoms with Crippen molar-refractivity contribution >= 4 is 34.8 Å². The normalized spacial score (nSPS) is 10.7.